The van der Waals surface area contributed by atoms with E-state index in [9.17, 15) is 13.2 Å². The average molecular weight is 429 g/mol. The second-order valence-corrected chi connectivity index (χ2v) is 9.16. The normalized spacial score (nSPS) is 15.2. The van der Waals surface area contributed by atoms with Crippen molar-refractivity contribution in [3.05, 3.63) is 66.7 Å². The Morgan fingerprint density at radius 1 is 1.10 bits per heavy atom. The lowest BCUT2D eigenvalue weighted by atomic mass is 10.1. The van der Waals surface area contributed by atoms with Crippen LogP contribution in [0.3, 0.4) is 0 Å². The van der Waals surface area contributed by atoms with E-state index in [1.54, 1.807) is 17.0 Å². The van der Waals surface area contributed by atoms with Crippen molar-refractivity contribution in [2.75, 3.05) is 31.6 Å². The molecule has 1 aliphatic heterocycles. The number of carbonyl (C=O) groups excluding carboxylic acids is 1. The second kappa shape index (κ2) is 9.91. The maximum atomic E-state index is 13.4. The Bertz CT molecular complexity index is 982. The van der Waals surface area contributed by atoms with E-state index < -0.39 is 10.0 Å². The number of amides is 1. The average Bonchev–Trinajstić information content (AvgIpc) is 3.07. The Morgan fingerprint density at radius 2 is 1.77 bits per heavy atom. The van der Waals surface area contributed by atoms with E-state index >= 15 is 0 Å². The van der Waals surface area contributed by atoms with Crippen LogP contribution in [0, 0.1) is 0 Å². The summed E-state index contributed by atoms with van der Waals surface area (Å²) < 4.78 is 33.4. The summed E-state index contributed by atoms with van der Waals surface area (Å²) in [6.07, 6.45) is 5.40. The standard InChI is InChI=1S/C23H28N2O4S/c1-3-15-25(19-11-7-6-8-12-19)23(26)21-18-20(13-14-22(21)29-2)30(27,28)24-16-9-4-5-10-17-24/h3,6-8,11-14,18H,1,4-5,9-10,15-17H2,2H3. The fourth-order valence-corrected chi connectivity index (χ4v) is 5.18. The molecule has 0 aliphatic carbocycles. The zero-order valence-corrected chi connectivity index (χ0v) is 18.1. The Balaban J connectivity index is 2.01. The van der Waals surface area contributed by atoms with Gasteiger partial charge in [0, 0.05) is 25.3 Å². The number of ether oxygens (including phenoxy) is 1. The Morgan fingerprint density at radius 3 is 2.37 bits per heavy atom. The van der Waals surface area contributed by atoms with Gasteiger partial charge in [-0.1, -0.05) is 37.1 Å². The van der Waals surface area contributed by atoms with Crippen molar-refractivity contribution in [1.29, 1.82) is 0 Å². The number of para-hydroxylation sites is 1. The van der Waals surface area contributed by atoms with Crippen LogP contribution in [0.4, 0.5) is 5.69 Å². The molecule has 0 bridgehead atoms. The highest BCUT2D eigenvalue weighted by atomic mass is 32.2. The van der Waals surface area contributed by atoms with Gasteiger partial charge in [-0.15, -0.1) is 6.58 Å². The molecule has 2 aromatic rings. The molecule has 1 aliphatic rings. The van der Waals surface area contributed by atoms with Gasteiger partial charge in [-0.05, 0) is 43.2 Å². The van der Waals surface area contributed by atoms with Crippen LogP contribution in [0.25, 0.3) is 0 Å². The van der Waals surface area contributed by atoms with Gasteiger partial charge >= 0.3 is 0 Å². The van der Waals surface area contributed by atoms with E-state index in [0.29, 0.717) is 24.5 Å². The first-order valence-corrected chi connectivity index (χ1v) is 11.6. The van der Waals surface area contributed by atoms with Gasteiger partial charge in [-0.2, -0.15) is 4.31 Å². The summed E-state index contributed by atoms with van der Waals surface area (Å²) in [5.74, 6) is -0.00863. The molecule has 0 unspecified atom stereocenters. The minimum Gasteiger partial charge on any atom is -0.496 e. The third-order valence-electron chi connectivity index (χ3n) is 5.23. The van der Waals surface area contributed by atoms with Crippen molar-refractivity contribution in [3.8, 4) is 5.75 Å². The van der Waals surface area contributed by atoms with E-state index in [1.165, 1.54) is 23.5 Å². The van der Waals surface area contributed by atoms with E-state index in [1.807, 2.05) is 30.3 Å². The van der Waals surface area contributed by atoms with Crippen molar-refractivity contribution >= 4 is 21.6 Å². The van der Waals surface area contributed by atoms with Crippen molar-refractivity contribution in [3.63, 3.8) is 0 Å². The van der Waals surface area contributed by atoms with Gasteiger partial charge in [0.1, 0.15) is 5.75 Å². The zero-order valence-electron chi connectivity index (χ0n) is 17.3. The molecule has 0 spiro atoms. The number of benzene rings is 2. The number of anilines is 1. The molecule has 1 fully saturated rings. The number of sulfonamides is 1. The summed E-state index contributed by atoms with van der Waals surface area (Å²) in [6, 6.07) is 13.7. The molecule has 30 heavy (non-hydrogen) atoms. The quantitative estimate of drug-likeness (QED) is 0.623. The summed E-state index contributed by atoms with van der Waals surface area (Å²) in [6.45, 7) is 5.04. The van der Waals surface area contributed by atoms with Crippen molar-refractivity contribution in [2.24, 2.45) is 0 Å². The second-order valence-electron chi connectivity index (χ2n) is 7.22. The molecule has 0 N–H and O–H groups in total. The van der Waals surface area contributed by atoms with E-state index in [2.05, 4.69) is 6.58 Å². The van der Waals surface area contributed by atoms with Gasteiger partial charge < -0.3 is 9.64 Å². The molecule has 1 saturated heterocycles. The van der Waals surface area contributed by atoms with Crippen LogP contribution in [0.5, 0.6) is 5.75 Å². The highest BCUT2D eigenvalue weighted by Gasteiger charge is 2.28. The molecule has 7 heteroatoms. The number of hydrogen-bond donors (Lipinski definition) is 0. The van der Waals surface area contributed by atoms with Crippen molar-refractivity contribution in [1.82, 2.24) is 4.31 Å². The van der Waals surface area contributed by atoms with Crippen molar-refractivity contribution < 1.29 is 17.9 Å². The van der Waals surface area contributed by atoms with Crippen LogP contribution < -0.4 is 9.64 Å². The minimum atomic E-state index is -3.68. The van der Waals surface area contributed by atoms with Crippen LogP contribution in [-0.2, 0) is 10.0 Å². The molecule has 0 saturated carbocycles. The highest BCUT2D eigenvalue weighted by Crippen LogP contribution is 2.28. The van der Waals surface area contributed by atoms with Crippen LogP contribution in [0.2, 0.25) is 0 Å². The SMILES string of the molecule is C=CCN(C(=O)c1cc(S(=O)(=O)N2CCCCCC2)ccc1OC)c1ccccc1. The molecular formula is C23H28N2O4S. The smallest absolute Gasteiger partial charge is 0.262 e. The molecule has 6 nitrogen and oxygen atoms in total. The van der Waals surface area contributed by atoms with Crippen LogP contribution in [0.1, 0.15) is 36.0 Å². The van der Waals surface area contributed by atoms with E-state index in [0.717, 1.165) is 25.7 Å². The van der Waals surface area contributed by atoms with Gasteiger partial charge in [0.05, 0.1) is 17.6 Å². The van der Waals surface area contributed by atoms with Gasteiger partial charge in [0.15, 0.2) is 0 Å². The molecule has 0 aromatic heterocycles. The fraction of sp³-hybridized carbons (Fsp3) is 0.348. The fourth-order valence-electron chi connectivity index (χ4n) is 3.63. The summed E-state index contributed by atoms with van der Waals surface area (Å²) in [4.78, 5) is 15.1. The summed E-state index contributed by atoms with van der Waals surface area (Å²) in [5.41, 5.74) is 0.907. The summed E-state index contributed by atoms with van der Waals surface area (Å²) >= 11 is 0. The van der Waals surface area contributed by atoms with Gasteiger partial charge in [0.2, 0.25) is 10.0 Å². The molecule has 0 atom stereocenters. The first-order chi connectivity index (χ1) is 14.5. The molecule has 0 radical (unpaired) electrons. The van der Waals surface area contributed by atoms with E-state index in [-0.39, 0.29) is 22.9 Å². The highest BCUT2D eigenvalue weighted by molar-refractivity contribution is 7.89. The largest absolute Gasteiger partial charge is 0.496 e. The van der Waals surface area contributed by atoms with E-state index in [4.69, 9.17) is 4.74 Å². The number of nitrogens with zero attached hydrogens (tertiary/aromatic N) is 2. The van der Waals surface area contributed by atoms with Crippen LogP contribution in [0.15, 0.2) is 66.1 Å². The summed E-state index contributed by atoms with van der Waals surface area (Å²) in [5, 5.41) is 0. The van der Waals surface area contributed by atoms with Crippen LogP contribution in [-0.4, -0.2) is 45.4 Å². The third-order valence-corrected chi connectivity index (χ3v) is 7.12. The lowest BCUT2D eigenvalue weighted by Gasteiger charge is -2.24. The third kappa shape index (κ3) is 4.74. The first kappa shape index (κ1) is 22.1. The van der Waals surface area contributed by atoms with Crippen LogP contribution >= 0.6 is 0 Å². The number of methoxy groups -OCH3 is 1. The lowest BCUT2D eigenvalue weighted by molar-refractivity contribution is 0.0986. The van der Waals surface area contributed by atoms with Gasteiger partial charge in [-0.25, -0.2) is 8.42 Å². The Hall–Kier alpha value is -2.64. The molecule has 160 valence electrons. The maximum Gasteiger partial charge on any atom is 0.262 e. The van der Waals surface area contributed by atoms with Crippen molar-refractivity contribution in [2.45, 2.75) is 30.6 Å². The lowest BCUT2D eigenvalue weighted by Crippen LogP contribution is -2.33. The molecule has 1 amide bonds. The predicted molar refractivity (Wildman–Crippen MR) is 119 cm³/mol. The Kier molecular flexibility index (Phi) is 7.29. The molecule has 2 aromatic carbocycles. The maximum absolute atomic E-state index is 13.4. The molecule has 3 rings (SSSR count). The number of carbonyl (C=O) groups is 1. The predicted octanol–water partition coefficient (Wildman–Crippen LogP) is 4.09. The Labute approximate surface area is 178 Å². The minimum absolute atomic E-state index is 0.111. The first-order valence-electron chi connectivity index (χ1n) is 10.1. The molecule has 1 heterocycles. The monoisotopic (exact) mass is 428 g/mol. The number of hydrogen-bond acceptors (Lipinski definition) is 4. The van der Waals surface area contributed by atoms with Gasteiger partial charge in [0.25, 0.3) is 5.91 Å². The van der Waals surface area contributed by atoms with Gasteiger partial charge in [-0.3, -0.25) is 4.79 Å². The summed E-state index contributed by atoms with van der Waals surface area (Å²) in [7, 11) is -2.21. The number of rotatable bonds is 7. The molecular weight excluding hydrogens is 400 g/mol. The zero-order chi connectivity index (χ0) is 21.6. The topological polar surface area (TPSA) is 66.9 Å².